The Bertz CT molecular complexity index is 1940. The minimum Gasteiger partial charge on any atom is -0.480 e. The van der Waals surface area contributed by atoms with Crippen LogP contribution in [0, 0.1) is 11.8 Å². The Kier molecular flexibility index (Phi) is 24.7. The normalized spacial score (nSPS) is 14.8. The minimum atomic E-state index is -1.76. The predicted molar refractivity (Wildman–Crippen MR) is 241 cm³/mol. The molecule has 1 heterocycles. The van der Waals surface area contributed by atoms with Crippen molar-refractivity contribution in [1.29, 1.82) is 0 Å². The van der Waals surface area contributed by atoms with Crippen molar-refractivity contribution < 1.29 is 58.5 Å². The number of rotatable bonds is 31. The molecule has 24 heteroatoms. The van der Waals surface area contributed by atoms with E-state index in [1.165, 1.54) is 12.5 Å². The highest BCUT2D eigenvalue weighted by Gasteiger charge is 2.35. The lowest BCUT2D eigenvalue weighted by Gasteiger charge is -2.27. The Balaban J connectivity index is 2.28. The minimum absolute atomic E-state index is 0.0189. The van der Waals surface area contributed by atoms with Gasteiger partial charge in [0.1, 0.15) is 42.3 Å². The number of carbonyl (C=O) groups excluding carboxylic acids is 8. The van der Waals surface area contributed by atoms with Crippen LogP contribution >= 0.6 is 0 Å². The van der Waals surface area contributed by atoms with Crippen molar-refractivity contribution >= 4 is 53.2 Å². The van der Waals surface area contributed by atoms with E-state index < -0.39 is 121 Å². The number of aliphatic hydroxyl groups excluding tert-OH is 2. The number of aromatic amines is 1. The third kappa shape index (κ3) is 20.7. The molecule has 0 unspecified atom stereocenters. The van der Waals surface area contributed by atoms with Crippen LogP contribution in [0.4, 0.5) is 0 Å². The summed E-state index contributed by atoms with van der Waals surface area (Å²) >= 11 is 0. The maximum absolute atomic E-state index is 14.0. The molecule has 0 saturated heterocycles. The largest absolute Gasteiger partial charge is 0.480 e. The van der Waals surface area contributed by atoms with Crippen LogP contribution in [0.2, 0.25) is 0 Å². The number of amides is 8. The van der Waals surface area contributed by atoms with Crippen LogP contribution in [-0.4, -0.2) is 147 Å². The maximum Gasteiger partial charge on any atom is 0.326 e. The topological polar surface area (TPSA) is 405 Å². The van der Waals surface area contributed by atoms with E-state index in [0.29, 0.717) is 25.1 Å². The first-order chi connectivity index (χ1) is 31.7. The molecule has 0 spiro atoms. The lowest BCUT2D eigenvalue weighted by atomic mass is 10.0. The number of unbranched alkanes of at least 4 members (excludes halogenated alkanes) is 1. The van der Waals surface area contributed by atoms with Gasteiger partial charge in [0.25, 0.3) is 0 Å². The van der Waals surface area contributed by atoms with E-state index in [1.807, 2.05) is 6.07 Å². The second kappa shape index (κ2) is 29.2. The number of aliphatic carboxylic acids is 1. The number of nitrogens with one attached hydrogen (secondary N) is 8. The van der Waals surface area contributed by atoms with Crippen LogP contribution in [0.5, 0.6) is 0 Å². The smallest absolute Gasteiger partial charge is 0.326 e. The summed E-state index contributed by atoms with van der Waals surface area (Å²) in [6.45, 7) is 5.23. The molecule has 0 aliphatic rings. The van der Waals surface area contributed by atoms with Gasteiger partial charge < -0.3 is 74.7 Å². The Morgan fingerprint density at radius 1 is 0.612 bits per heavy atom. The monoisotopic (exact) mass is 945 g/mol. The van der Waals surface area contributed by atoms with E-state index in [2.05, 4.69) is 47.2 Å². The summed E-state index contributed by atoms with van der Waals surface area (Å²) in [6.07, 6.45) is 2.90. The number of nitrogens with zero attached hydrogens (tertiary/aromatic N) is 1. The van der Waals surface area contributed by atoms with Gasteiger partial charge in [-0.3, -0.25) is 38.4 Å². The van der Waals surface area contributed by atoms with E-state index in [-0.39, 0.29) is 43.9 Å². The van der Waals surface area contributed by atoms with Gasteiger partial charge in [-0.05, 0) is 62.5 Å². The van der Waals surface area contributed by atoms with Gasteiger partial charge in [0, 0.05) is 18.3 Å². The van der Waals surface area contributed by atoms with Crippen LogP contribution < -0.4 is 54.4 Å². The summed E-state index contributed by atoms with van der Waals surface area (Å²) in [5.41, 5.74) is 18.2. The van der Waals surface area contributed by atoms with E-state index >= 15 is 0 Å². The molecule has 0 fully saturated rings. The molecule has 8 amide bonds. The lowest BCUT2D eigenvalue weighted by molar-refractivity contribution is -0.143. The second-order valence-electron chi connectivity index (χ2n) is 16.9. The number of nitrogens with two attached hydrogens (primary N) is 3. The zero-order chi connectivity index (χ0) is 50.2. The Morgan fingerprint density at radius 2 is 1.07 bits per heavy atom. The summed E-state index contributed by atoms with van der Waals surface area (Å²) < 4.78 is 0. The SMILES string of the molecule is CC(C)C[C@H](NC(=O)[C@H](CC(N)=O)NC(=O)[C@H](CO)NC(=O)[C@H](CC(C)C)NC(=O)[C@H](Cc1cnc[nH]1)NC(=O)[C@H](CO)NC(=O)[C@H](CCCCN)NC(=O)[C@@H](N)Cc1ccccc1)C(=O)O. The van der Waals surface area contributed by atoms with Gasteiger partial charge in [-0.1, -0.05) is 58.0 Å². The number of carboxylic acids is 1. The van der Waals surface area contributed by atoms with Crippen molar-refractivity contribution in [2.24, 2.45) is 29.0 Å². The summed E-state index contributed by atoms with van der Waals surface area (Å²) in [5.74, 6) is -9.41. The standard InChI is InChI=1S/C43H68N12O12/c1-23(2)14-29(38(61)55-34(21-57)42(65)52-31(18-35(46)58)40(63)53-32(43(66)67)15-24(3)4)50-39(62)30(17-26-19-47-22-48-26)51-41(64)33(20-56)54-37(60)28(12-8-9-13-44)49-36(59)27(45)16-25-10-6-5-7-11-25/h5-7,10-11,19,22-24,27-34,56-57H,8-9,12-18,20-21,44-45H2,1-4H3,(H2,46,58)(H,47,48)(H,49,59)(H,50,62)(H,51,64)(H,52,65)(H,53,63)(H,54,60)(H,55,61)(H,66,67)/t27-,28-,29-,30-,31-,32-,33-,34-/m0/s1. The summed E-state index contributed by atoms with van der Waals surface area (Å²) in [5, 5.41) is 46.9. The van der Waals surface area contributed by atoms with Crippen molar-refractivity contribution in [3.05, 3.63) is 54.1 Å². The van der Waals surface area contributed by atoms with Gasteiger partial charge in [-0.25, -0.2) is 9.78 Å². The number of carbonyl (C=O) groups is 9. The molecule has 1 aromatic heterocycles. The van der Waals surface area contributed by atoms with Crippen LogP contribution in [-0.2, 0) is 56.0 Å². The molecule has 0 aliphatic heterocycles. The number of carboxylic acid groups (broad SMARTS) is 1. The molecule has 0 aliphatic carbocycles. The third-order valence-corrected chi connectivity index (χ3v) is 10.2. The summed E-state index contributed by atoms with van der Waals surface area (Å²) in [6, 6.07) is -2.57. The molecule has 67 heavy (non-hydrogen) atoms. The van der Waals surface area contributed by atoms with Crippen LogP contribution in [0.1, 0.15) is 77.5 Å². The molecule has 0 saturated carbocycles. The van der Waals surface area contributed by atoms with E-state index in [1.54, 1.807) is 52.0 Å². The van der Waals surface area contributed by atoms with Crippen molar-refractivity contribution in [2.75, 3.05) is 19.8 Å². The van der Waals surface area contributed by atoms with Crippen molar-refractivity contribution in [1.82, 2.24) is 47.2 Å². The van der Waals surface area contributed by atoms with Gasteiger partial charge in [-0.15, -0.1) is 0 Å². The highest BCUT2D eigenvalue weighted by atomic mass is 16.4. The number of aliphatic hydroxyl groups is 2. The molecule has 8 atom stereocenters. The highest BCUT2D eigenvalue weighted by molar-refractivity contribution is 5.98. The first-order valence-corrected chi connectivity index (χ1v) is 22.0. The fourth-order valence-corrected chi connectivity index (χ4v) is 6.65. The van der Waals surface area contributed by atoms with Gasteiger partial charge in [0.15, 0.2) is 0 Å². The molecule has 2 aromatic rings. The third-order valence-electron chi connectivity index (χ3n) is 10.2. The maximum atomic E-state index is 14.0. The van der Waals surface area contributed by atoms with Gasteiger partial charge in [0.2, 0.25) is 47.3 Å². The fourth-order valence-electron chi connectivity index (χ4n) is 6.65. The molecule has 1 aromatic carbocycles. The number of hydrogen-bond donors (Lipinski definition) is 14. The Hall–Kier alpha value is -6.50. The molecular weight excluding hydrogens is 877 g/mol. The van der Waals surface area contributed by atoms with Crippen LogP contribution in [0.25, 0.3) is 0 Å². The molecule has 24 nitrogen and oxygen atoms in total. The summed E-state index contributed by atoms with van der Waals surface area (Å²) in [7, 11) is 0. The fraction of sp³-hybridized carbons (Fsp3) is 0.581. The van der Waals surface area contributed by atoms with E-state index in [4.69, 9.17) is 17.2 Å². The molecule has 0 bridgehead atoms. The first kappa shape index (κ1) is 56.6. The lowest BCUT2D eigenvalue weighted by Crippen LogP contribution is -2.61. The number of benzene rings is 1. The number of primary amides is 1. The van der Waals surface area contributed by atoms with Gasteiger partial charge in [0.05, 0.1) is 32.0 Å². The second-order valence-corrected chi connectivity index (χ2v) is 16.9. The zero-order valence-corrected chi connectivity index (χ0v) is 38.3. The molecule has 372 valence electrons. The van der Waals surface area contributed by atoms with Crippen LogP contribution in [0.15, 0.2) is 42.9 Å². The van der Waals surface area contributed by atoms with Crippen molar-refractivity contribution in [3.8, 4) is 0 Å². The van der Waals surface area contributed by atoms with Crippen LogP contribution in [0.3, 0.4) is 0 Å². The average molecular weight is 945 g/mol. The molecule has 17 N–H and O–H groups in total. The molecule has 0 radical (unpaired) electrons. The Labute approximate surface area is 388 Å². The summed E-state index contributed by atoms with van der Waals surface area (Å²) in [4.78, 5) is 125. The zero-order valence-electron chi connectivity index (χ0n) is 38.3. The van der Waals surface area contributed by atoms with E-state index in [0.717, 1.165) is 5.56 Å². The number of hydrogen-bond acceptors (Lipinski definition) is 14. The Morgan fingerprint density at radius 3 is 1.58 bits per heavy atom. The highest BCUT2D eigenvalue weighted by Crippen LogP contribution is 2.10. The quantitative estimate of drug-likeness (QED) is 0.0321. The number of H-pyrrole nitrogens is 1. The van der Waals surface area contributed by atoms with Gasteiger partial charge in [-0.2, -0.15) is 0 Å². The van der Waals surface area contributed by atoms with Crippen molar-refractivity contribution in [3.63, 3.8) is 0 Å². The molecule has 2 rings (SSSR count). The number of aromatic nitrogens is 2. The average Bonchev–Trinajstić information content (AvgIpc) is 3.78. The number of imidazole rings is 1. The van der Waals surface area contributed by atoms with Gasteiger partial charge >= 0.3 is 5.97 Å². The van der Waals surface area contributed by atoms with E-state index in [9.17, 15) is 58.5 Å². The van der Waals surface area contributed by atoms with Crippen molar-refractivity contribution in [2.45, 2.75) is 127 Å². The molecular formula is C43H68N12O12. The predicted octanol–water partition coefficient (Wildman–Crippen LogP) is -3.92. The first-order valence-electron chi connectivity index (χ1n) is 22.0.